The number of hydrogen-bond donors (Lipinski definition) is 1. The van der Waals surface area contributed by atoms with Crippen LogP contribution in [0.3, 0.4) is 0 Å². The molecule has 0 aromatic carbocycles. The van der Waals surface area contributed by atoms with Gasteiger partial charge in [-0.3, -0.25) is 9.69 Å². The van der Waals surface area contributed by atoms with Crippen molar-refractivity contribution in [2.45, 2.75) is 38.5 Å². The molecule has 2 aliphatic heterocycles. The third-order valence-electron chi connectivity index (χ3n) is 3.44. The number of nitrogens with two attached hydrogens (primary N) is 1. The first kappa shape index (κ1) is 15.7. The monoisotopic (exact) mass is 277 g/mol. The van der Waals surface area contributed by atoms with Gasteiger partial charge in [0, 0.05) is 32.2 Å². The highest BCUT2D eigenvalue weighted by Gasteiger charge is 2.28. The fourth-order valence-corrected chi connectivity index (χ4v) is 2.68. The van der Waals surface area contributed by atoms with Gasteiger partial charge in [0.1, 0.15) is 0 Å². The summed E-state index contributed by atoms with van der Waals surface area (Å²) in [6.45, 7) is 7.76. The molecule has 1 amide bonds. The molecule has 106 valence electrons. The van der Waals surface area contributed by atoms with E-state index >= 15 is 0 Å². The van der Waals surface area contributed by atoms with Crippen molar-refractivity contribution in [1.82, 2.24) is 9.80 Å². The van der Waals surface area contributed by atoms with Crippen LogP contribution in [-0.2, 0) is 9.53 Å². The minimum Gasteiger partial charge on any atom is -0.372 e. The van der Waals surface area contributed by atoms with Crippen LogP contribution in [0, 0.1) is 0 Å². The van der Waals surface area contributed by atoms with E-state index in [0.29, 0.717) is 19.6 Å². The average Bonchev–Trinajstić information content (AvgIpc) is 2.62. The SMILES string of the molecule is CC1CN(C(=O)CN2CC[C@H](N)C2)CC(C)O1.Cl. The van der Waals surface area contributed by atoms with E-state index in [4.69, 9.17) is 10.5 Å². The maximum atomic E-state index is 12.1. The van der Waals surface area contributed by atoms with Crippen LogP contribution in [0.5, 0.6) is 0 Å². The van der Waals surface area contributed by atoms with E-state index in [1.165, 1.54) is 0 Å². The van der Waals surface area contributed by atoms with Crippen LogP contribution in [0.25, 0.3) is 0 Å². The summed E-state index contributed by atoms with van der Waals surface area (Å²) < 4.78 is 5.63. The Hall–Kier alpha value is -0.360. The normalized spacial score (nSPS) is 33.3. The average molecular weight is 278 g/mol. The summed E-state index contributed by atoms with van der Waals surface area (Å²) in [5, 5.41) is 0. The molecule has 0 radical (unpaired) electrons. The molecule has 5 nitrogen and oxygen atoms in total. The Morgan fingerprint density at radius 3 is 2.39 bits per heavy atom. The maximum absolute atomic E-state index is 12.1. The van der Waals surface area contributed by atoms with Gasteiger partial charge in [-0.25, -0.2) is 0 Å². The number of hydrogen-bond acceptors (Lipinski definition) is 4. The zero-order valence-corrected chi connectivity index (χ0v) is 12.0. The second kappa shape index (κ2) is 6.70. The van der Waals surface area contributed by atoms with Gasteiger partial charge in [0.25, 0.3) is 0 Å². The lowest BCUT2D eigenvalue weighted by atomic mass is 10.2. The number of likely N-dealkylation sites (tertiary alicyclic amines) is 1. The summed E-state index contributed by atoms with van der Waals surface area (Å²) in [4.78, 5) is 16.2. The van der Waals surface area contributed by atoms with E-state index in [9.17, 15) is 4.79 Å². The maximum Gasteiger partial charge on any atom is 0.236 e. The molecule has 2 unspecified atom stereocenters. The molecule has 2 fully saturated rings. The van der Waals surface area contributed by atoms with Gasteiger partial charge in [0.2, 0.25) is 5.91 Å². The van der Waals surface area contributed by atoms with Gasteiger partial charge in [-0.2, -0.15) is 0 Å². The second-order valence-electron chi connectivity index (χ2n) is 5.34. The quantitative estimate of drug-likeness (QED) is 0.777. The number of rotatable bonds is 2. The summed E-state index contributed by atoms with van der Waals surface area (Å²) in [6, 6.07) is 0.241. The molecule has 2 aliphatic rings. The van der Waals surface area contributed by atoms with Gasteiger partial charge in [-0.05, 0) is 20.3 Å². The Morgan fingerprint density at radius 2 is 1.89 bits per heavy atom. The topological polar surface area (TPSA) is 58.8 Å². The molecular weight excluding hydrogens is 254 g/mol. The van der Waals surface area contributed by atoms with Crippen molar-refractivity contribution in [2.24, 2.45) is 5.73 Å². The molecule has 2 rings (SSSR count). The number of morpholine rings is 1. The first-order chi connectivity index (χ1) is 8.04. The van der Waals surface area contributed by atoms with Gasteiger partial charge in [0.15, 0.2) is 0 Å². The highest BCUT2D eigenvalue weighted by atomic mass is 35.5. The van der Waals surface area contributed by atoms with Crippen molar-refractivity contribution in [1.29, 1.82) is 0 Å². The van der Waals surface area contributed by atoms with Crippen LogP contribution in [0.1, 0.15) is 20.3 Å². The Bertz CT molecular complexity index is 280. The fourth-order valence-electron chi connectivity index (χ4n) is 2.68. The number of carbonyl (C=O) groups is 1. The fraction of sp³-hybridized carbons (Fsp3) is 0.917. The van der Waals surface area contributed by atoms with Crippen molar-refractivity contribution in [2.75, 3.05) is 32.7 Å². The molecular formula is C12H24ClN3O2. The number of carbonyl (C=O) groups excluding carboxylic acids is 1. The molecule has 0 aromatic heterocycles. The number of ether oxygens (including phenoxy) is 1. The van der Waals surface area contributed by atoms with Crippen LogP contribution in [0.15, 0.2) is 0 Å². The van der Waals surface area contributed by atoms with Crippen LogP contribution >= 0.6 is 12.4 Å². The molecule has 0 aliphatic carbocycles. The van der Waals surface area contributed by atoms with Crippen LogP contribution in [-0.4, -0.2) is 66.7 Å². The van der Waals surface area contributed by atoms with Gasteiger partial charge in [0.05, 0.1) is 18.8 Å². The van der Waals surface area contributed by atoms with Gasteiger partial charge in [-0.15, -0.1) is 12.4 Å². The highest BCUT2D eigenvalue weighted by Crippen LogP contribution is 2.12. The lowest BCUT2D eigenvalue weighted by Gasteiger charge is -2.36. The Labute approximate surface area is 115 Å². The standard InChI is InChI=1S/C12H23N3O2.ClH/c1-9-5-15(6-10(2)17-9)12(16)8-14-4-3-11(13)7-14;/h9-11H,3-8,13H2,1-2H3;1H/t9?,10?,11-;/m0./s1. The third-order valence-corrected chi connectivity index (χ3v) is 3.44. The predicted molar refractivity (Wildman–Crippen MR) is 72.9 cm³/mol. The van der Waals surface area contributed by atoms with Crippen molar-refractivity contribution in [3.8, 4) is 0 Å². The first-order valence-corrected chi connectivity index (χ1v) is 6.45. The molecule has 2 N–H and O–H groups in total. The molecule has 0 bridgehead atoms. The summed E-state index contributed by atoms with van der Waals surface area (Å²) in [6.07, 6.45) is 1.29. The van der Waals surface area contributed by atoms with Crippen LogP contribution in [0.2, 0.25) is 0 Å². The lowest BCUT2D eigenvalue weighted by Crippen LogP contribution is -2.51. The largest absolute Gasteiger partial charge is 0.372 e. The van der Waals surface area contributed by atoms with Gasteiger partial charge in [-0.1, -0.05) is 0 Å². The summed E-state index contributed by atoms with van der Waals surface area (Å²) in [7, 11) is 0. The van der Waals surface area contributed by atoms with Crippen LogP contribution < -0.4 is 5.73 Å². The molecule has 2 heterocycles. The van der Waals surface area contributed by atoms with E-state index in [-0.39, 0.29) is 36.6 Å². The molecule has 3 atom stereocenters. The highest BCUT2D eigenvalue weighted by molar-refractivity contribution is 5.85. The molecule has 2 saturated heterocycles. The molecule has 0 spiro atoms. The van der Waals surface area contributed by atoms with Crippen molar-refractivity contribution in [3.05, 3.63) is 0 Å². The lowest BCUT2D eigenvalue weighted by molar-refractivity contribution is -0.144. The van der Waals surface area contributed by atoms with Gasteiger partial charge < -0.3 is 15.4 Å². The molecule has 18 heavy (non-hydrogen) atoms. The smallest absolute Gasteiger partial charge is 0.236 e. The van der Waals surface area contributed by atoms with Crippen LogP contribution in [0.4, 0.5) is 0 Å². The number of halogens is 1. The van der Waals surface area contributed by atoms with E-state index in [1.807, 2.05) is 18.7 Å². The van der Waals surface area contributed by atoms with Gasteiger partial charge >= 0.3 is 0 Å². The Kier molecular flexibility index (Phi) is 5.85. The zero-order chi connectivity index (χ0) is 12.4. The summed E-state index contributed by atoms with van der Waals surface area (Å²) >= 11 is 0. The second-order valence-corrected chi connectivity index (χ2v) is 5.34. The first-order valence-electron chi connectivity index (χ1n) is 6.45. The zero-order valence-electron chi connectivity index (χ0n) is 11.2. The summed E-state index contributed by atoms with van der Waals surface area (Å²) in [5.74, 6) is 0.209. The van der Waals surface area contributed by atoms with Crippen molar-refractivity contribution < 1.29 is 9.53 Å². The Morgan fingerprint density at radius 1 is 1.28 bits per heavy atom. The number of amides is 1. The minimum atomic E-state index is 0. The van der Waals surface area contributed by atoms with E-state index in [1.54, 1.807) is 0 Å². The number of nitrogens with zero attached hydrogens (tertiary/aromatic N) is 2. The van der Waals surface area contributed by atoms with Crippen molar-refractivity contribution in [3.63, 3.8) is 0 Å². The summed E-state index contributed by atoms with van der Waals surface area (Å²) in [5.41, 5.74) is 5.84. The molecule has 0 aromatic rings. The van der Waals surface area contributed by atoms with E-state index in [0.717, 1.165) is 19.5 Å². The third kappa shape index (κ3) is 4.09. The van der Waals surface area contributed by atoms with E-state index < -0.39 is 0 Å². The Balaban J connectivity index is 0.00000162. The predicted octanol–water partition coefficient (Wildman–Crippen LogP) is 0.0770. The van der Waals surface area contributed by atoms with Crippen molar-refractivity contribution >= 4 is 18.3 Å². The van der Waals surface area contributed by atoms with E-state index in [2.05, 4.69) is 4.90 Å². The molecule has 6 heteroatoms. The molecule has 0 saturated carbocycles. The minimum absolute atomic E-state index is 0.